The molecular formula is C15H23N5O. The number of nitrogens with zero attached hydrogens (tertiary/aromatic N) is 1. The number of hydrogen-bond acceptors (Lipinski definition) is 6. The Labute approximate surface area is 125 Å². The molecule has 0 aliphatic rings. The summed E-state index contributed by atoms with van der Waals surface area (Å²) in [5.41, 5.74) is 20.3. The van der Waals surface area contributed by atoms with E-state index in [1.165, 1.54) is 0 Å². The van der Waals surface area contributed by atoms with E-state index in [-0.39, 0.29) is 5.75 Å². The third-order valence-electron chi connectivity index (χ3n) is 2.83. The number of nitrogens with one attached hydrogen (secondary N) is 1. The van der Waals surface area contributed by atoms with Gasteiger partial charge < -0.3 is 32.5 Å². The van der Waals surface area contributed by atoms with E-state index in [0.717, 1.165) is 22.7 Å². The van der Waals surface area contributed by atoms with Crippen molar-refractivity contribution in [3.63, 3.8) is 0 Å². The molecule has 0 saturated heterocycles. The Hall–Kier alpha value is -2.76. The Morgan fingerprint density at radius 1 is 0.952 bits per heavy atom. The SMILES string of the molecule is CN(C)c1cc(N)ccc1O.CNc1cc(N)ccc1N. The average Bonchev–Trinajstić information content (AvgIpc) is 2.44. The van der Waals surface area contributed by atoms with Crippen molar-refractivity contribution < 1.29 is 5.11 Å². The first-order chi connectivity index (χ1) is 9.85. The van der Waals surface area contributed by atoms with E-state index in [4.69, 9.17) is 17.2 Å². The molecule has 0 unspecified atom stereocenters. The smallest absolute Gasteiger partial charge is 0.139 e. The highest BCUT2D eigenvalue weighted by Gasteiger charge is 2.01. The minimum atomic E-state index is 0.254. The topological polar surface area (TPSA) is 114 Å². The lowest BCUT2D eigenvalue weighted by atomic mass is 10.2. The zero-order valence-electron chi connectivity index (χ0n) is 12.6. The molecule has 21 heavy (non-hydrogen) atoms. The Kier molecular flexibility index (Phi) is 5.54. The summed E-state index contributed by atoms with van der Waals surface area (Å²) in [7, 11) is 5.52. The third-order valence-corrected chi connectivity index (χ3v) is 2.83. The van der Waals surface area contributed by atoms with Crippen LogP contribution >= 0.6 is 0 Å². The second kappa shape index (κ2) is 7.14. The molecule has 0 radical (unpaired) electrons. The number of hydrogen-bond donors (Lipinski definition) is 5. The van der Waals surface area contributed by atoms with Crippen LogP contribution in [-0.2, 0) is 0 Å². The Morgan fingerprint density at radius 3 is 2.00 bits per heavy atom. The lowest BCUT2D eigenvalue weighted by Crippen LogP contribution is -2.08. The van der Waals surface area contributed by atoms with Gasteiger partial charge in [0.2, 0.25) is 0 Å². The second-order valence-electron chi connectivity index (χ2n) is 4.74. The molecule has 0 aliphatic carbocycles. The molecule has 2 aromatic carbocycles. The van der Waals surface area contributed by atoms with Gasteiger partial charge in [-0.3, -0.25) is 0 Å². The number of rotatable bonds is 2. The number of aromatic hydroxyl groups is 1. The third kappa shape index (κ3) is 4.68. The maximum atomic E-state index is 9.31. The van der Waals surface area contributed by atoms with Crippen molar-refractivity contribution in [3.8, 4) is 5.75 Å². The van der Waals surface area contributed by atoms with E-state index in [1.807, 2.05) is 26.0 Å². The lowest BCUT2D eigenvalue weighted by Gasteiger charge is -2.14. The van der Waals surface area contributed by atoms with Crippen LogP contribution in [0.3, 0.4) is 0 Å². The maximum Gasteiger partial charge on any atom is 0.139 e. The van der Waals surface area contributed by atoms with Crippen molar-refractivity contribution >= 4 is 28.4 Å². The summed E-state index contributed by atoms with van der Waals surface area (Å²) in [5.74, 6) is 0.254. The molecule has 0 saturated carbocycles. The summed E-state index contributed by atoms with van der Waals surface area (Å²) in [4.78, 5) is 1.81. The molecule has 2 aromatic rings. The number of nitrogens with two attached hydrogens (primary N) is 3. The molecule has 0 amide bonds. The van der Waals surface area contributed by atoms with Crippen LogP contribution in [0.15, 0.2) is 36.4 Å². The Balaban J connectivity index is 0.000000211. The summed E-state index contributed by atoms with van der Waals surface area (Å²) in [6.45, 7) is 0. The van der Waals surface area contributed by atoms with Gasteiger partial charge in [0.15, 0.2) is 0 Å². The van der Waals surface area contributed by atoms with E-state index in [9.17, 15) is 5.11 Å². The highest BCUT2D eigenvalue weighted by Crippen LogP contribution is 2.27. The fourth-order valence-corrected chi connectivity index (χ4v) is 1.69. The monoisotopic (exact) mass is 289 g/mol. The van der Waals surface area contributed by atoms with Crippen LogP contribution in [0.2, 0.25) is 0 Å². The summed E-state index contributed by atoms with van der Waals surface area (Å²) < 4.78 is 0. The van der Waals surface area contributed by atoms with Crippen LogP contribution in [0.25, 0.3) is 0 Å². The van der Waals surface area contributed by atoms with Crippen LogP contribution in [-0.4, -0.2) is 26.2 Å². The number of benzene rings is 2. The lowest BCUT2D eigenvalue weighted by molar-refractivity contribution is 0.476. The van der Waals surface area contributed by atoms with E-state index < -0.39 is 0 Å². The van der Waals surface area contributed by atoms with Crippen LogP contribution in [0.4, 0.5) is 28.4 Å². The number of phenolic OH excluding ortho intramolecular Hbond substituents is 1. The van der Waals surface area contributed by atoms with Crippen molar-refractivity contribution in [3.05, 3.63) is 36.4 Å². The molecule has 0 aromatic heterocycles. The molecule has 0 heterocycles. The van der Waals surface area contributed by atoms with E-state index in [1.54, 1.807) is 36.4 Å². The van der Waals surface area contributed by atoms with Gasteiger partial charge in [-0.05, 0) is 36.4 Å². The predicted octanol–water partition coefficient (Wildman–Crippen LogP) is 1.93. The largest absolute Gasteiger partial charge is 0.506 e. The minimum Gasteiger partial charge on any atom is -0.506 e. The van der Waals surface area contributed by atoms with Crippen molar-refractivity contribution in [1.29, 1.82) is 0 Å². The first kappa shape index (κ1) is 16.3. The van der Waals surface area contributed by atoms with Crippen LogP contribution in [0, 0.1) is 0 Å². The summed E-state index contributed by atoms with van der Waals surface area (Å²) in [6.07, 6.45) is 0. The van der Waals surface area contributed by atoms with Gasteiger partial charge in [-0.1, -0.05) is 0 Å². The summed E-state index contributed by atoms with van der Waals surface area (Å²) in [6, 6.07) is 10.3. The van der Waals surface area contributed by atoms with Gasteiger partial charge >= 0.3 is 0 Å². The molecule has 0 bridgehead atoms. The standard InChI is InChI=1S/C8H12N2O.C7H11N3/c1-10(2)7-5-6(9)3-4-8(7)11;1-10-7-4-5(8)2-3-6(7)9/h3-5,11H,9H2,1-2H3;2-4,10H,8-9H2,1H3. The van der Waals surface area contributed by atoms with E-state index in [0.29, 0.717) is 5.69 Å². The molecule has 6 heteroatoms. The van der Waals surface area contributed by atoms with Crippen molar-refractivity contribution in [2.45, 2.75) is 0 Å². The van der Waals surface area contributed by atoms with Gasteiger partial charge in [-0.2, -0.15) is 0 Å². The van der Waals surface area contributed by atoms with Gasteiger partial charge in [0, 0.05) is 32.5 Å². The predicted molar refractivity (Wildman–Crippen MR) is 91.7 cm³/mol. The zero-order chi connectivity index (χ0) is 16.0. The highest BCUT2D eigenvalue weighted by molar-refractivity contribution is 5.70. The molecule has 2 rings (SSSR count). The van der Waals surface area contributed by atoms with Gasteiger partial charge in [0.25, 0.3) is 0 Å². The van der Waals surface area contributed by atoms with Gasteiger partial charge in [0.05, 0.1) is 17.1 Å². The average molecular weight is 289 g/mol. The number of anilines is 5. The Bertz CT molecular complexity index is 599. The van der Waals surface area contributed by atoms with Gasteiger partial charge in [-0.25, -0.2) is 0 Å². The number of nitrogen functional groups attached to an aromatic ring is 3. The zero-order valence-corrected chi connectivity index (χ0v) is 12.6. The molecule has 6 nitrogen and oxygen atoms in total. The fraction of sp³-hybridized carbons (Fsp3) is 0.200. The van der Waals surface area contributed by atoms with Crippen LogP contribution in [0.1, 0.15) is 0 Å². The van der Waals surface area contributed by atoms with Crippen molar-refractivity contribution in [1.82, 2.24) is 0 Å². The van der Waals surface area contributed by atoms with Crippen LogP contribution in [0.5, 0.6) is 5.75 Å². The van der Waals surface area contributed by atoms with E-state index >= 15 is 0 Å². The Morgan fingerprint density at radius 2 is 1.52 bits per heavy atom. The summed E-state index contributed by atoms with van der Waals surface area (Å²) >= 11 is 0. The van der Waals surface area contributed by atoms with Gasteiger partial charge in [-0.15, -0.1) is 0 Å². The first-order valence-corrected chi connectivity index (χ1v) is 6.43. The molecule has 8 N–H and O–H groups in total. The molecule has 0 fully saturated rings. The normalized spacial score (nSPS) is 9.48. The highest BCUT2D eigenvalue weighted by atomic mass is 16.3. The maximum absolute atomic E-state index is 9.31. The summed E-state index contributed by atoms with van der Waals surface area (Å²) in [5, 5.41) is 12.2. The molecule has 0 spiro atoms. The van der Waals surface area contributed by atoms with Gasteiger partial charge in [0.1, 0.15) is 5.75 Å². The fourth-order valence-electron chi connectivity index (χ4n) is 1.69. The molecule has 0 atom stereocenters. The van der Waals surface area contributed by atoms with Crippen molar-refractivity contribution in [2.75, 3.05) is 48.6 Å². The molecule has 114 valence electrons. The number of phenols is 1. The quantitative estimate of drug-likeness (QED) is 0.426. The first-order valence-electron chi connectivity index (χ1n) is 6.43. The van der Waals surface area contributed by atoms with Crippen LogP contribution < -0.4 is 27.4 Å². The van der Waals surface area contributed by atoms with E-state index in [2.05, 4.69) is 5.32 Å². The molecular weight excluding hydrogens is 266 g/mol. The second-order valence-corrected chi connectivity index (χ2v) is 4.74. The molecule has 0 aliphatic heterocycles. The van der Waals surface area contributed by atoms with Crippen molar-refractivity contribution in [2.24, 2.45) is 0 Å². The minimum absolute atomic E-state index is 0.254.